The molecule has 2 unspecified atom stereocenters. The number of halogens is 1. The van der Waals surface area contributed by atoms with Gasteiger partial charge in [0.05, 0.1) is 6.54 Å². The predicted molar refractivity (Wildman–Crippen MR) is 127 cm³/mol. The maximum atomic E-state index is 10.8. The normalized spacial score (nSPS) is 20.4. The van der Waals surface area contributed by atoms with Gasteiger partial charge >= 0.3 is 0 Å². The summed E-state index contributed by atoms with van der Waals surface area (Å²) in [5, 5.41) is 17.5. The minimum absolute atomic E-state index is 0. The van der Waals surface area contributed by atoms with Gasteiger partial charge in [0.1, 0.15) is 17.1 Å². The van der Waals surface area contributed by atoms with Gasteiger partial charge in [-0.3, -0.25) is 0 Å². The van der Waals surface area contributed by atoms with Crippen molar-refractivity contribution in [3.05, 3.63) is 23.2 Å². The van der Waals surface area contributed by atoms with Crippen molar-refractivity contribution in [2.75, 3.05) is 32.7 Å². The summed E-state index contributed by atoms with van der Waals surface area (Å²) in [6, 6.07) is 2.60. The van der Waals surface area contributed by atoms with Gasteiger partial charge in [-0.05, 0) is 66.5 Å². The third-order valence-electron chi connectivity index (χ3n) is 5.37. The van der Waals surface area contributed by atoms with Crippen molar-refractivity contribution >= 4 is 29.9 Å². The fourth-order valence-electron chi connectivity index (χ4n) is 3.80. The van der Waals surface area contributed by atoms with Crippen LogP contribution in [-0.2, 0) is 5.60 Å². The molecule has 1 aliphatic rings. The molecule has 0 aromatic carbocycles. The Bertz CT molecular complexity index is 616. The Kier molecular flexibility index (Phi) is 10.8. The van der Waals surface area contributed by atoms with E-state index in [2.05, 4.69) is 27.4 Å². The molecule has 1 aromatic heterocycles. The van der Waals surface area contributed by atoms with Crippen LogP contribution in [0.2, 0.25) is 0 Å². The highest BCUT2D eigenvalue weighted by Crippen LogP contribution is 2.27. The molecule has 7 heteroatoms. The highest BCUT2D eigenvalue weighted by Gasteiger charge is 2.27. The van der Waals surface area contributed by atoms with E-state index in [-0.39, 0.29) is 30.5 Å². The van der Waals surface area contributed by atoms with Crippen LogP contribution < -0.4 is 10.6 Å². The summed E-state index contributed by atoms with van der Waals surface area (Å²) in [6.07, 6.45) is 5.09. The monoisotopic (exact) mass is 506 g/mol. The molecule has 3 N–H and O–H groups in total. The van der Waals surface area contributed by atoms with Crippen molar-refractivity contribution in [3.8, 4) is 0 Å². The molecule has 0 saturated carbocycles. The smallest absolute Gasteiger partial charge is 0.191 e. The lowest BCUT2D eigenvalue weighted by molar-refractivity contribution is 0.0657. The second-order valence-electron chi connectivity index (χ2n) is 7.96. The number of aryl methyl sites for hydroxylation is 2. The van der Waals surface area contributed by atoms with Crippen LogP contribution in [-0.4, -0.2) is 54.7 Å². The van der Waals surface area contributed by atoms with Gasteiger partial charge in [0.15, 0.2) is 5.96 Å². The number of guanidine groups is 1. The molecule has 0 amide bonds. The number of furan rings is 1. The molecule has 1 saturated heterocycles. The first-order chi connectivity index (χ1) is 12.8. The lowest BCUT2D eigenvalue weighted by atomic mass is 9.96. The van der Waals surface area contributed by atoms with Crippen LogP contribution in [0.4, 0.5) is 0 Å². The third-order valence-corrected chi connectivity index (χ3v) is 5.37. The van der Waals surface area contributed by atoms with E-state index in [9.17, 15) is 5.11 Å². The number of hydrogen-bond acceptors (Lipinski definition) is 4. The molecule has 0 radical (unpaired) electrons. The average Bonchev–Trinajstić information content (AvgIpc) is 2.97. The van der Waals surface area contributed by atoms with Gasteiger partial charge in [-0.1, -0.05) is 6.42 Å². The van der Waals surface area contributed by atoms with Crippen LogP contribution in [0.25, 0.3) is 0 Å². The molecule has 1 aromatic rings. The van der Waals surface area contributed by atoms with Crippen LogP contribution in [0.3, 0.4) is 0 Å². The zero-order valence-electron chi connectivity index (χ0n) is 18.2. The van der Waals surface area contributed by atoms with E-state index in [4.69, 9.17) is 4.42 Å². The molecule has 162 valence electrons. The molecule has 2 heterocycles. The molecule has 0 bridgehead atoms. The van der Waals surface area contributed by atoms with E-state index in [1.165, 1.54) is 25.8 Å². The summed E-state index contributed by atoms with van der Waals surface area (Å²) < 4.78 is 5.56. The molecule has 2 rings (SSSR count). The number of rotatable bonds is 8. The van der Waals surface area contributed by atoms with Gasteiger partial charge in [-0.15, -0.1) is 24.0 Å². The molecular weight excluding hydrogens is 467 g/mol. The Labute approximate surface area is 187 Å². The Morgan fingerprint density at radius 3 is 2.71 bits per heavy atom. The second kappa shape index (κ2) is 12.0. The lowest BCUT2D eigenvalue weighted by Gasteiger charge is -2.33. The number of piperidine rings is 1. The Hall–Kier alpha value is -0.800. The van der Waals surface area contributed by atoms with Crippen molar-refractivity contribution < 1.29 is 9.52 Å². The Morgan fingerprint density at radius 2 is 2.11 bits per heavy atom. The Balaban J connectivity index is 0.00000392. The van der Waals surface area contributed by atoms with E-state index in [0.29, 0.717) is 6.04 Å². The number of aliphatic hydroxyl groups is 1. The number of aliphatic imine (C=N–C) groups is 1. The van der Waals surface area contributed by atoms with Crippen LogP contribution in [0.5, 0.6) is 0 Å². The molecule has 0 spiro atoms. The van der Waals surface area contributed by atoms with Gasteiger partial charge < -0.3 is 25.1 Å². The molecule has 1 fully saturated rings. The molecule has 6 nitrogen and oxygen atoms in total. The van der Waals surface area contributed by atoms with Crippen LogP contribution in [0.1, 0.15) is 63.5 Å². The van der Waals surface area contributed by atoms with E-state index < -0.39 is 5.60 Å². The van der Waals surface area contributed by atoms with E-state index in [1.54, 1.807) is 6.92 Å². The van der Waals surface area contributed by atoms with Crippen molar-refractivity contribution in [3.63, 3.8) is 0 Å². The quantitative estimate of drug-likeness (QED) is 0.218. The van der Waals surface area contributed by atoms with Crippen molar-refractivity contribution in [2.24, 2.45) is 4.99 Å². The fourth-order valence-corrected chi connectivity index (χ4v) is 3.80. The summed E-state index contributed by atoms with van der Waals surface area (Å²) in [5.74, 6) is 2.31. The van der Waals surface area contributed by atoms with Crippen molar-refractivity contribution in [1.82, 2.24) is 15.5 Å². The minimum Gasteiger partial charge on any atom is -0.466 e. The van der Waals surface area contributed by atoms with Gasteiger partial charge in [0.2, 0.25) is 0 Å². The Morgan fingerprint density at radius 1 is 1.36 bits per heavy atom. The largest absolute Gasteiger partial charge is 0.466 e. The van der Waals surface area contributed by atoms with Gasteiger partial charge in [-0.2, -0.15) is 0 Å². The first kappa shape index (κ1) is 25.2. The van der Waals surface area contributed by atoms with Crippen molar-refractivity contribution in [2.45, 2.75) is 71.9 Å². The van der Waals surface area contributed by atoms with Crippen LogP contribution >= 0.6 is 24.0 Å². The van der Waals surface area contributed by atoms with E-state index in [1.807, 2.05) is 26.8 Å². The molecule has 1 aliphatic heterocycles. The van der Waals surface area contributed by atoms with E-state index in [0.717, 1.165) is 49.1 Å². The third kappa shape index (κ3) is 7.55. The molecule has 28 heavy (non-hydrogen) atoms. The number of nitrogens with one attached hydrogen (secondary N) is 2. The molecule has 2 atom stereocenters. The first-order valence-corrected chi connectivity index (χ1v) is 10.4. The highest BCUT2D eigenvalue weighted by atomic mass is 127. The number of likely N-dealkylation sites (tertiary alicyclic amines) is 1. The topological polar surface area (TPSA) is 73.0 Å². The van der Waals surface area contributed by atoms with Crippen LogP contribution in [0.15, 0.2) is 15.5 Å². The summed E-state index contributed by atoms with van der Waals surface area (Å²) in [6.45, 7) is 14.2. The summed E-state index contributed by atoms with van der Waals surface area (Å²) in [5.41, 5.74) is -0.244. The van der Waals surface area contributed by atoms with Gasteiger partial charge in [0.25, 0.3) is 0 Å². The number of hydrogen-bond donors (Lipinski definition) is 3. The van der Waals surface area contributed by atoms with Crippen molar-refractivity contribution in [1.29, 1.82) is 0 Å². The summed E-state index contributed by atoms with van der Waals surface area (Å²) >= 11 is 0. The zero-order chi connectivity index (χ0) is 19.9. The lowest BCUT2D eigenvalue weighted by Crippen LogP contribution is -2.42. The number of nitrogens with zero attached hydrogens (tertiary/aromatic N) is 2. The first-order valence-electron chi connectivity index (χ1n) is 10.4. The van der Waals surface area contributed by atoms with E-state index >= 15 is 0 Å². The molecular formula is C21H39IN4O2. The highest BCUT2D eigenvalue weighted by molar-refractivity contribution is 14.0. The summed E-state index contributed by atoms with van der Waals surface area (Å²) in [4.78, 5) is 7.19. The summed E-state index contributed by atoms with van der Waals surface area (Å²) in [7, 11) is 0. The second-order valence-corrected chi connectivity index (χ2v) is 7.96. The SMILES string of the molecule is CCNC(=NCC(C)(O)c1cc(C)oc1C)NCCCN1CCCCC1C.I. The zero-order valence-corrected chi connectivity index (χ0v) is 20.5. The fraction of sp³-hybridized carbons (Fsp3) is 0.762. The maximum Gasteiger partial charge on any atom is 0.191 e. The molecule has 0 aliphatic carbocycles. The average molecular weight is 506 g/mol. The van der Waals surface area contributed by atoms with Crippen LogP contribution in [0, 0.1) is 13.8 Å². The predicted octanol–water partition coefficient (Wildman–Crippen LogP) is 3.54. The minimum atomic E-state index is -1.05. The maximum absolute atomic E-state index is 10.8. The van der Waals surface area contributed by atoms with Gasteiger partial charge in [0, 0.05) is 31.2 Å². The standard InChI is InChI=1S/C21H38N4O2.HI/c1-6-22-20(23-11-9-13-25-12-8-7-10-16(25)2)24-15-21(5,26)19-14-17(3)27-18(19)4;/h14,16,26H,6-13,15H2,1-5H3,(H2,22,23,24);1H. The van der Waals surface area contributed by atoms with Gasteiger partial charge in [-0.25, -0.2) is 4.99 Å².